The largest absolute Gasteiger partial charge is 0.462 e. The Hall–Kier alpha value is -1.64. The van der Waals surface area contributed by atoms with Crippen LogP contribution in [0.3, 0.4) is 0 Å². The second kappa shape index (κ2) is 6.18. The molecule has 3 nitrogen and oxygen atoms in total. The van der Waals surface area contributed by atoms with E-state index in [0.29, 0.717) is 25.0 Å². The van der Waals surface area contributed by atoms with Gasteiger partial charge in [-0.05, 0) is 38.8 Å². The third-order valence-corrected chi connectivity index (χ3v) is 2.51. The molecule has 0 radical (unpaired) electrons. The first kappa shape index (κ1) is 13.4. The fourth-order valence-corrected chi connectivity index (χ4v) is 1.61. The van der Waals surface area contributed by atoms with Crippen LogP contribution < -0.4 is 0 Å². The Labute approximate surface area is 102 Å². The number of Topliss-reactive ketones (excluding diaryl/α,β-unsaturated/α-hetero) is 1. The monoisotopic (exact) mass is 234 g/mol. The van der Waals surface area contributed by atoms with Crippen LogP contribution >= 0.6 is 0 Å². The first-order valence-electron chi connectivity index (χ1n) is 5.74. The Morgan fingerprint density at radius 2 is 1.94 bits per heavy atom. The zero-order valence-electron chi connectivity index (χ0n) is 10.6. The number of carbonyl (C=O) groups is 2. The SMILES string of the molecule is CC(=O)CCCOC(=O)c1ccc(C)cc1C. The van der Waals surface area contributed by atoms with Gasteiger partial charge >= 0.3 is 5.97 Å². The Morgan fingerprint density at radius 1 is 1.24 bits per heavy atom. The van der Waals surface area contributed by atoms with Gasteiger partial charge in [-0.2, -0.15) is 0 Å². The molecule has 17 heavy (non-hydrogen) atoms. The molecule has 1 rings (SSSR count). The van der Waals surface area contributed by atoms with Gasteiger partial charge in [-0.25, -0.2) is 4.79 Å². The summed E-state index contributed by atoms with van der Waals surface area (Å²) in [6, 6.07) is 5.61. The van der Waals surface area contributed by atoms with Crippen molar-refractivity contribution in [1.82, 2.24) is 0 Å². The fourth-order valence-electron chi connectivity index (χ4n) is 1.61. The molecule has 1 aromatic carbocycles. The van der Waals surface area contributed by atoms with Gasteiger partial charge in [0.05, 0.1) is 12.2 Å². The highest BCUT2D eigenvalue weighted by Crippen LogP contribution is 2.12. The van der Waals surface area contributed by atoms with Crippen molar-refractivity contribution in [3.63, 3.8) is 0 Å². The second-order valence-corrected chi connectivity index (χ2v) is 4.26. The van der Waals surface area contributed by atoms with Gasteiger partial charge in [-0.3, -0.25) is 0 Å². The highest BCUT2D eigenvalue weighted by Gasteiger charge is 2.10. The smallest absolute Gasteiger partial charge is 0.338 e. The van der Waals surface area contributed by atoms with Crippen molar-refractivity contribution in [2.75, 3.05) is 6.61 Å². The summed E-state index contributed by atoms with van der Waals surface area (Å²) >= 11 is 0. The van der Waals surface area contributed by atoms with Gasteiger partial charge in [0.15, 0.2) is 0 Å². The Kier molecular flexibility index (Phi) is 4.88. The third-order valence-electron chi connectivity index (χ3n) is 2.51. The minimum Gasteiger partial charge on any atom is -0.462 e. The van der Waals surface area contributed by atoms with Gasteiger partial charge in [0.2, 0.25) is 0 Å². The van der Waals surface area contributed by atoms with E-state index in [-0.39, 0.29) is 11.8 Å². The molecule has 1 aromatic rings. The molecule has 0 saturated carbocycles. The lowest BCUT2D eigenvalue weighted by atomic mass is 10.1. The normalized spacial score (nSPS) is 10.1. The molecule has 0 bridgehead atoms. The quantitative estimate of drug-likeness (QED) is 0.581. The van der Waals surface area contributed by atoms with Crippen LogP contribution in [0, 0.1) is 13.8 Å². The molecule has 0 atom stereocenters. The lowest BCUT2D eigenvalue weighted by Crippen LogP contribution is -2.09. The molecule has 92 valence electrons. The lowest BCUT2D eigenvalue weighted by Gasteiger charge is -2.07. The maximum atomic E-state index is 11.7. The van der Waals surface area contributed by atoms with Crippen molar-refractivity contribution in [3.05, 3.63) is 34.9 Å². The number of ketones is 1. The summed E-state index contributed by atoms with van der Waals surface area (Å²) in [5.41, 5.74) is 2.63. The fraction of sp³-hybridized carbons (Fsp3) is 0.429. The molecular formula is C14H18O3. The van der Waals surface area contributed by atoms with E-state index in [0.717, 1.165) is 11.1 Å². The van der Waals surface area contributed by atoms with Crippen LogP contribution in [0.15, 0.2) is 18.2 Å². The summed E-state index contributed by atoms with van der Waals surface area (Å²) in [6.07, 6.45) is 1.05. The van der Waals surface area contributed by atoms with Crippen molar-refractivity contribution in [2.24, 2.45) is 0 Å². The molecule has 0 aromatic heterocycles. The minimum absolute atomic E-state index is 0.118. The highest BCUT2D eigenvalue weighted by atomic mass is 16.5. The van der Waals surface area contributed by atoms with Crippen molar-refractivity contribution >= 4 is 11.8 Å². The summed E-state index contributed by atoms with van der Waals surface area (Å²) in [4.78, 5) is 22.4. The zero-order valence-corrected chi connectivity index (χ0v) is 10.6. The minimum atomic E-state index is -0.314. The summed E-state index contributed by atoms with van der Waals surface area (Å²) in [5, 5.41) is 0. The van der Waals surface area contributed by atoms with Gasteiger partial charge < -0.3 is 9.53 Å². The van der Waals surface area contributed by atoms with Crippen LogP contribution in [0.5, 0.6) is 0 Å². The number of rotatable bonds is 5. The van der Waals surface area contributed by atoms with Gasteiger partial charge in [-0.15, -0.1) is 0 Å². The number of hydrogen-bond donors (Lipinski definition) is 0. The Bertz CT molecular complexity index is 421. The predicted molar refractivity (Wildman–Crippen MR) is 66.1 cm³/mol. The Balaban J connectivity index is 2.50. The maximum absolute atomic E-state index is 11.7. The third kappa shape index (κ3) is 4.39. The average molecular weight is 234 g/mol. The van der Waals surface area contributed by atoms with Crippen molar-refractivity contribution < 1.29 is 14.3 Å². The molecule has 0 unspecified atom stereocenters. The molecule has 0 fully saturated rings. The van der Waals surface area contributed by atoms with E-state index in [1.165, 1.54) is 6.92 Å². The number of aryl methyl sites for hydroxylation is 2. The standard InChI is InChI=1S/C14H18O3/c1-10-6-7-13(11(2)9-10)14(16)17-8-4-5-12(3)15/h6-7,9H,4-5,8H2,1-3H3. The van der Waals surface area contributed by atoms with Gasteiger partial charge in [-0.1, -0.05) is 17.7 Å². The molecule has 0 aliphatic heterocycles. The number of esters is 1. The summed E-state index contributed by atoms with van der Waals surface area (Å²) in [6.45, 7) is 5.70. The summed E-state index contributed by atoms with van der Waals surface area (Å²) in [7, 11) is 0. The molecule has 0 amide bonds. The van der Waals surface area contributed by atoms with E-state index < -0.39 is 0 Å². The maximum Gasteiger partial charge on any atom is 0.338 e. The van der Waals surface area contributed by atoms with Crippen molar-refractivity contribution in [1.29, 1.82) is 0 Å². The zero-order chi connectivity index (χ0) is 12.8. The topological polar surface area (TPSA) is 43.4 Å². The number of benzene rings is 1. The van der Waals surface area contributed by atoms with E-state index in [1.807, 2.05) is 26.0 Å². The first-order chi connectivity index (χ1) is 8.00. The van der Waals surface area contributed by atoms with Crippen LogP contribution in [-0.2, 0) is 9.53 Å². The van der Waals surface area contributed by atoms with E-state index in [2.05, 4.69) is 0 Å². The molecule has 3 heteroatoms. The van der Waals surface area contributed by atoms with E-state index in [1.54, 1.807) is 6.07 Å². The van der Waals surface area contributed by atoms with E-state index in [9.17, 15) is 9.59 Å². The lowest BCUT2D eigenvalue weighted by molar-refractivity contribution is -0.117. The highest BCUT2D eigenvalue weighted by molar-refractivity contribution is 5.91. The number of carbonyl (C=O) groups excluding carboxylic acids is 2. The van der Waals surface area contributed by atoms with Gasteiger partial charge in [0, 0.05) is 6.42 Å². The molecular weight excluding hydrogens is 216 g/mol. The molecule has 0 saturated heterocycles. The molecule has 0 spiro atoms. The Morgan fingerprint density at radius 3 is 2.53 bits per heavy atom. The first-order valence-corrected chi connectivity index (χ1v) is 5.74. The predicted octanol–water partition coefficient (Wildman–Crippen LogP) is 2.83. The number of hydrogen-bond acceptors (Lipinski definition) is 3. The molecule has 0 aliphatic rings. The summed E-state index contributed by atoms with van der Waals surface area (Å²) < 4.78 is 5.11. The van der Waals surface area contributed by atoms with Crippen LogP contribution in [0.1, 0.15) is 41.3 Å². The van der Waals surface area contributed by atoms with Crippen LogP contribution in [-0.4, -0.2) is 18.4 Å². The second-order valence-electron chi connectivity index (χ2n) is 4.26. The average Bonchev–Trinajstić information content (AvgIpc) is 2.23. The van der Waals surface area contributed by atoms with E-state index in [4.69, 9.17) is 4.74 Å². The molecule has 0 aliphatic carbocycles. The van der Waals surface area contributed by atoms with Crippen LogP contribution in [0.25, 0.3) is 0 Å². The van der Waals surface area contributed by atoms with Gasteiger partial charge in [0.1, 0.15) is 5.78 Å². The van der Waals surface area contributed by atoms with Crippen LogP contribution in [0.2, 0.25) is 0 Å². The number of ether oxygens (including phenoxy) is 1. The van der Waals surface area contributed by atoms with Crippen LogP contribution in [0.4, 0.5) is 0 Å². The molecule has 0 heterocycles. The van der Waals surface area contributed by atoms with Crippen molar-refractivity contribution in [3.8, 4) is 0 Å². The summed E-state index contributed by atoms with van der Waals surface area (Å²) in [5.74, 6) is -0.196. The van der Waals surface area contributed by atoms with Crippen molar-refractivity contribution in [2.45, 2.75) is 33.6 Å². The van der Waals surface area contributed by atoms with E-state index >= 15 is 0 Å². The molecule has 0 N–H and O–H groups in total. The van der Waals surface area contributed by atoms with Gasteiger partial charge in [0.25, 0.3) is 0 Å².